The van der Waals surface area contributed by atoms with Crippen LogP contribution in [0.5, 0.6) is 5.75 Å². The standard InChI is InChI=1S/C13H19BrN2O3/c1-18-7-3-6-15-13(17)9-16-10-4-5-12(19-2)11(14)8-10/h4-5,8,16H,3,6-7,9H2,1-2H3,(H,15,17). The second-order valence-corrected chi connectivity index (χ2v) is 4.75. The van der Waals surface area contributed by atoms with Gasteiger partial charge in [-0.25, -0.2) is 0 Å². The van der Waals surface area contributed by atoms with E-state index in [9.17, 15) is 4.79 Å². The molecule has 0 aliphatic heterocycles. The topological polar surface area (TPSA) is 59.6 Å². The molecule has 0 aliphatic carbocycles. The Morgan fingerprint density at radius 2 is 2.16 bits per heavy atom. The van der Waals surface area contributed by atoms with E-state index in [1.165, 1.54) is 0 Å². The van der Waals surface area contributed by atoms with Crippen molar-refractivity contribution >= 4 is 27.5 Å². The summed E-state index contributed by atoms with van der Waals surface area (Å²) < 4.78 is 10.9. The van der Waals surface area contributed by atoms with E-state index < -0.39 is 0 Å². The first-order valence-corrected chi connectivity index (χ1v) is 6.79. The summed E-state index contributed by atoms with van der Waals surface area (Å²) in [5.74, 6) is 0.720. The minimum atomic E-state index is -0.0388. The van der Waals surface area contributed by atoms with Crippen LogP contribution in [0.4, 0.5) is 5.69 Å². The van der Waals surface area contributed by atoms with Crippen molar-refractivity contribution in [2.45, 2.75) is 6.42 Å². The van der Waals surface area contributed by atoms with Crippen LogP contribution in [0, 0.1) is 0 Å². The van der Waals surface area contributed by atoms with Gasteiger partial charge in [-0.2, -0.15) is 0 Å². The van der Waals surface area contributed by atoms with Crippen LogP contribution in [0.2, 0.25) is 0 Å². The smallest absolute Gasteiger partial charge is 0.239 e. The van der Waals surface area contributed by atoms with Gasteiger partial charge in [0.1, 0.15) is 5.75 Å². The highest BCUT2D eigenvalue weighted by Gasteiger charge is 2.03. The SMILES string of the molecule is COCCCNC(=O)CNc1ccc(OC)c(Br)c1. The van der Waals surface area contributed by atoms with Crippen molar-refractivity contribution in [2.75, 3.05) is 39.2 Å². The maximum absolute atomic E-state index is 11.5. The van der Waals surface area contributed by atoms with E-state index in [0.717, 1.165) is 22.3 Å². The van der Waals surface area contributed by atoms with E-state index in [0.29, 0.717) is 13.2 Å². The zero-order chi connectivity index (χ0) is 14.1. The molecule has 0 aromatic heterocycles. The first-order chi connectivity index (χ1) is 9.17. The van der Waals surface area contributed by atoms with Crippen LogP contribution in [-0.2, 0) is 9.53 Å². The number of carbonyl (C=O) groups is 1. The van der Waals surface area contributed by atoms with Crippen molar-refractivity contribution in [2.24, 2.45) is 0 Å². The molecule has 0 saturated carbocycles. The number of hydrogen-bond donors (Lipinski definition) is 2. The maximum atomic E-state index is 11.5. The van der Waals surface area contributed by atoms with Crippen LogP contribution in [0.25, 0.3) is 0 Å². The van der Waals surface area contributed by atoms with E-state index in [1.807, 2.05) is 18.2 Å². The molecule has 6 heteroatoms. The van der Waals surface area contributed by atoms with Crippen molar-refractivity contribution in [3.8, 4) is 5.75 Å². The number of halogens is 1. The molecule has 0 spiro atoms. The third-order valence-corrected chi connectivity index (χ3v) is 3.07. The molecule has 1 aromatic rings. The van der Waals surface area contributed by atoms with E-state index >= 15 is 0 Å². The quantitative estimate of drug-likeness (QED) is 0.716. The second kappa shape index (κ2) is 8.77. The molecular weight excluding hydrogens is 312 g/mol. The Morgan fingerprint density at radius 1 is 1.37 bits per heavy atom. The predicted molar refractivity (Wildman–Crippen MR) is 78.7 cm³/mol. The van der Waals surface area contributed by atoms with Crippen LogP contribution < -0.4 is 15.4 Å². The van der Waals surface area contributed by atoms with Crippen LogP contribution >= 0.6 is 15.9 Å². The average Bonchev–Trinajstić information content (AvgIpc) is 2.41. The molecule has 0 bridgehead atoms. The molecule has 2 N–H and O–H groups in total. The van der Waals surface area contributed by atoms with Crippen molar-refractivity contribution < 1.29 is 14.3 Å². The van der Waals surface area contributed by atoms with Gasteiger partial charge in [-0.3, -0.25) is 4.79 Å². The summed E-state index contributed by atoms with van der Waals surface area (Å²) in [6.07, 6.45) is 0.816. The van der Waals surface area contributed by atoms with Crippen molar-refractivity contribution in [3.05, 3.63) is 22.7 Å². The molecule has 0 aliphatic rings. The zero-order valence-corrected chi connectivity index (χ0v) is 12.7. The Hall–Kier alpha value is -1.27. The summed E-state index contributed by atoms with van der Waals surface area (Å²) >= 11 is 3.39. The highest BCUT2D eigenvalue weighted by atomic mass is 79.9. The minimum Gasteiger partial charge on any atom is -0.496 e. The minimum absolute atomic E-state index is 0.0388. The number of benzene rings is 1. The van der Waals surface area contributed by atoms with Gasteiger partial charge >= 0.3 is 0 Å². The van der Waals surface area contributed by atoms with Gasteiger partial charge in [0, 0.05) is 25.9 Å². The Morgan fingerprint density at radius 3 is 2.79 bits per heavy atom. The van der Waals surface area contributed by atoms with Crippen molar-refractivity contribution in [3.63, 3.8) is 0 Å². The van der Waals surface area contributed by atoms with Crippen molar-refractivity contribution in [1.82, 2.24) is 5.32 Å². The first-order valence-electron chi connectivity index (χ1n) is 6.00. The molecule has 0 saturated heterocycles. The third-order valence-electron chi connectivity index (χ3n) is 2.45. The Labute approximate surface area is 121 Å². The lowest BCUT2D eigenvalue weighted by Crippen LogP contribution is -2.31. The van der Waals surface area contributed by atoms with Crippen LogP contribution in [-0.4, -0.2) is 39.8 Å². The Kier molecular flexibility index (Phi) is 7.28. The second-order valence-electron chi connectivity index (χ2n) is 3.90. The molecular formula is C13H19BrN2O3. The van der Waals surface area contributed by atoms with E-state index in [1.54, 1.807) is 14.2 Å². The predicted octanol–water partition coefficient (Wildman–Crippen LogP) is 2.02. The number of hydrogen-bond acceptors (Lipinski definition) is 4. The van der Waals surface area contributed by atoms with Gasteiger partial charge in [0.2, 0.25) is 5.91 Å². The monoisotopic (exact) mass is 330 g/mol. The number of nitrogens with one attached hydrogen (secondary N) is 2. The molecule has 0 radical (unpaired) electrons. The largest absolute Gasteiger partial charge is 0.496 e. The van der Waals surface area contributed by atoms with E-state index in [2.05, 4.69) is 26.6 Å². The van der Waals surface area contributed by atoms with E-state index in [-0.39, 0.29) is 12.5 Å². The summed E-state index contributed by atoms with van der Waals surface area (Å²) in [5.41, 5.74) is 0.861. The van der Waals surface area contributed by atoms with Gasteiger partial charge in [-0.1, -0.05) is 0 Å². The average molecular weight is 331 g/mol. The molecule has 19 heavy (non-hydrogen) atoms. The number of carbonyl (C=O) groups excluding carboxylic acids is 1. The Balaban J connectivity index is 2.32. The molecule has 1 amide bonds. The molecule has 0 fully saturated rings. The molecule has 0 atom stereocenters. The number of rotatable bonds is 8. The summed E-state index contributed by atoms with van der Waals surface area (Å²) in [6.45, 7) is 1.52. The highest BCUT2D eigenvalue weighted by molar-refractivity contribution is 9.10. The van der Waals surface area contributed by atoms with Crippen LogP contribution in [0.3, 0.4) is 0 Å². The lowest BCUT2D eigenvalue weighted by molar-refractivity contribution is -0.119. The molecule has 1 aromatic carbocycles. The van der Waals surface area contributed by atoms with Gasteiger partial charge in [-0.05, 0) is 40.5 Å². The lowest BCUT2D eigenvalue weighted by atomic mass is 10.3. The van der Waals surface area contributed by atoms with Crippen LogP contribution in [0.1, 0.15) is 6.42 Å². The van der Waals surface area contributed by atoms with E-state index in [4.69, 9.17) is 9.47 Å². The summed E-state index contributed by atoms with van der Waals surface area (Å²) in [6, 6.07) is 5.57. The summed E-state index contributed by atoms with van der Waals surface area (Å²) in [7, 11) is 3.26. The Bertz CT molecular complexity index is 413. The number of ether oxygens (including phenoxy) is 2. The normalized spacial score (nSPS) is 10.1. The number of anilines is 1. The fraction of sp³-hybridized carbons (Fsp3) is 0.462. The third kappa shape index (κ3) is 5.94. The fourth-order valence-electron chi connectivity index (χ4n) is 1.47. The van der Waals surface area contributed by atoms with Gasteiger partial charge < -0.3 is 20.1 Å². The van der Waals surface area contributed by atoms with Gasteiger partial charge in [0.15, 0.2) is 0 Å². The van der Waals surface area contributed by atoms with Crippen LogP contribution in [0.15, 0.2) is 22.7 Å². The zero-order valence-electron chi connectivity index (χ0n) is 11.2. The van der Waals surface area contributed by atoms with Crippen molar-refractivity contribution in [1.29, 1.82) is 0 Å². The molecule has 1 rings (SSSR count). The maximum Gasteiger partial charge on any atom is 0.239 e. The fourth-order valence-corrected chi connectivity index (χ4v) is 2.01. The summed E-state index contributed by atoms with van der Waals surface area (Å²) in [4.78, 5) is 11.5. The van der Waals surface area contributed by atoms with Gasteiger partial charge in [0.05, 0.1) is 18.1 Å². The number of amides is 1. The molecule has 0 heterocycles. The first kappa shape index (κ1) is 15.8. The number of methoxy groups -OCH3 is 2. The molecule has 106 valence electrons. The molecule has 0 unspecified atom stereocenters. The summed E-state index contributed by atoms with van der Waals surface area (Å²) in [5, 5.41) is 5.86. The molecule has 5 nitrogen and oxygen atoms in total. The van der Waals surface area contributed by atoms with Gasteiger partial charge in [-0.15, -0.1) is 0 Å². The highest BCUT2D eigenvalue weighted by Crippen LogP contribution is 2.27. The lowest BCUT2D eigenvalue weighted by Gasteiger charge is -2.09. The van der Waals surface area contributed by atoms with Gasteiger partial charge in [0.25, 0.3) is 0 Å².